The maximum Gasteiger partial charge on any atom is 0.183 e. The molecule has 0 saturated carbocycles. The summed E-state index contributed by atoms with van der Waals surface area (Å²) in [6, 6.07) is 20.2. The summed E-state index contributed by atoms with van der Waals surface area (Å²) in [4.78, 5) is 9.10. The highest BCUT2D eigenvalue weighted by atomic mass is 32.1. The van der Waals surface area contributed by atoms with E-state index in [4.69, 9.17) is 4.74 Å². The Hall–Kier alpha value is -3.71. The third kappa shape index (κ3) is 4.57. The summed E-state index contributed by atoms with van der Waals surface area (Å²) in [5, 5.41) is 8.56. The fourth-order valence-corrected chi connectivity index (χ4v) is 4.24. The van der Waals surface area contributed by atoms with Crippen molar-refractivity contribution in [2.24, 2.45) is 7.05 Å². The number of aryl methyl sites for hydroxylation is 1. The zero-order chi connectivity index (χ0) is 21.0. The van der Waals surface area contributed by atoms with Crippen LogP contribution in [-0.4, -0.2) is 26.3 Å². The van der Waals surface area contributed by atoms with Gasteiger partial charge in [0.2, 0.25) is 0 Å². The first-order valence-electron chi connectivity index (χ1n) is 10.0. The Morgan fingerprint density at radius 3 is 2.74 bits per heavy atom. The minimum Gasteiger partial charge on any atom is -0.457 e. The number of pyridine rings is 1. The van der Waals surface area contributed by atoms with E-state index < -0.39 is 0 Å². The summed E-state index contributed by atoms with van der Waals surface area (Å²) >= 11 is 1.63. The first-order chi connectivity index (χ1) is 15.2. The molecule has 5 aromatic rings. The van der Waals surface area contributed by atoms with E-state index in [-0.39, 0.29) is 0 Å². The molecule has 0 aliphatic rings. The first-order valence-corrected chi connectivity index (χ1v) is 10.9. The Labute approximate surface area is 184 Å². The van der Waals surface area contributed by atoms with Crippen molar-refractivity contribution in [3.05, 3.63) is 84.8 Å². The minimum atomic E-state index is 0.735. The fraction of sp³-hybridized carbons (Fsp3) is 0.125. The molecule has 6 nitrogen and oxygen atoms in total. The Balaban J connectivity index is 1.28. The fourth-order valence-electron chi connectivity index (χ4n) is 3.32. The van der Waals surface area contributed by atoms with E-state index in [0.29, 0.717) is 0 Å². The number of fused-ring (bicyclic) bond motifs is 1. The van der Waals surface area contributed by atoms with Crippen LogP contribution in [0.2, 0.25) is 0 Å². The number of thiazole rings is 1. The van der Waals surface area contributed by atoms with Gasteiger partial charge in [0.15, 0.2) is 5.13 Å². The third-order valence-corrected chi connectivity index (χ3v) is 5.84. The smallest absolute Gasteiger partial charge is 0.183 e. The molecule has 0 amide bonds. The predicted molar refractivity (Wildman–Crippen MR) is 125 cm³/mol. The highest BCUT2D eigenvalue weighted by Gasteiger charge is 2.08. The second kappa shape index (κ2) is 8.57. The zero-order valence-corrected chi connectivity index (χ0v) is 17.8. The molecule has 2 aromatic carbocycles. The van der Waals surface area contributed by atoms with Crippen molar-refractivity contribution in [3.63, 3.8) is 0 Å². The van der Waals surface area contributed by atoms with Crippen molar-refractivity contribution in [3.8, 4) is 22.8 Å². The van der Waals surface area contributed by atoms with Gasteiger partial charge in [-0.05, 0) is 30.2 Å². The largest absolute Gasteiger partial charge is 0.457 e. The molecule has 0 aliphatic heterocycles. The van der Waals surface area contributed by atoms with Crippen molar-refractivity contribution in [1.82, 2.24) is 19.7 Å². The van der Waals surface area contributed by atoms with Crippen LogP contribution in [-0.2, 0) is 13.5 Å². The van der Waals surface area contributed by atoms with Crippen molar-refractivity contribution < 1.29 is 4.74 Å². The molecular formula is C24H21N5OS. The Bertz CT molecular complexity index is 1310. The topological polar surface area (TPSA) is 64.9 Å². The van der Waals surface area contributed by atoms with Gasteiger partial charge in [-0.3, -0.25) is 9.67 Å². The maximum absolute atomic E-state index is 6.09. The molecule has 3 aromatic heterocycles. The molecular weight excluding hydrogens is 406 g/mol. The molecule has 7 heteroatoms. The van der Waals surface area contributed by atoms with E-state index in [1.165, 1.54) is 5.56 Å². The number of nitrogens with zero attached hydrogens (tertiary/aromatic N) is 4. The molecule has 0 saturated heterocycles. The third-order valence-electron chi connectivity index (χ3n) is 4.86. The second-order valence-electron chi connectivity index (χ2n) is 7.19. The van der Waals surface area contributed by atoms with Gasteiger partial charge in [-0.25, -0.2) is 4.98 Å². The predicted octanol–water partition coefficient (Wildman–Crippen LogP) is 5.54. The van der Waals surface area contributed by atoms with Gasteiger partial charge < -0.3 is 10.1 Å². The van der Waals surface area contributed by atoms with Gasteiger partial charge in [-0.15, -0.1) is 0 Å². The highest BCUT2D eigenvalue weighted by Crippen LogP contribution is 2.32. The zero-order valence-electron chi connectivity index (χ0n) is 17.0. The lowest BCUT2D eigenvalue weighted by Gasteiger charge is -2.06. The lowest BCUT2D eigenvalue weighted by Crippen LogP contribution is -2.04. The average molecular weight is 428 g/mol. The number of benzene rings is 2. The molecule has 0 spiro atoms. The van der Waals surface area contributed by atoms with Gasteiger partial charge >= 0.3 is 0 Å². The average Bonchev–Trinajstić information content (AvgIpc) is 3.40. The van der Waals surface area contributed by atoms with Gasteiger partial charge in [0.25, 0.3) is 0 Å². The molecule has 0 atom stereocenters. The van der Waals surface area contributed by atoms with Gasteiger partial charge in [0.05, 0.1) is 22.1 Å². The summed E-state index contributed by atoms with van der Waals surface area (Å²) in [5.74, 6) is 1.51. The number of anilines is 1. The number of hydrogen-bond donors (Lipinski definition) is 1. The monoisotopic (exact) mass is 427 g/mol. The van der Waals surface area contributed by atoms with E-state index in [0.717, 1.165) is 51.1 Å². The van der Waals surface area contributed by atoms with E-state index >= 15 is 0 Å². The molecule has 0 fully saturated rings. The Morgan fingerprint density at radius 2 is 1.90 bits per heavy atom. The summed E-state index contributed by atoms with van der Waals surface area (Å²) < 4.78 is 8.94. The van der Waals surface area contributed by atoms with Crippen LogP contribution in [0.1, 0.15) is 5.56 Å². The number of aromatic nitrogens is 4. The van der Waals surface area contributed by atoms with Gasteiger partial charge in [0, 0.05) is 43.7 Å². The summed E-state index contributed by atoms with van der Waals surface area (Å²) in [5.41, 5.74) is 4.06. The van der Waals surface area contributed by atoms with E-state index in [1.807, 2.05) is 49.6 Å². The molecule has 31 heavy (non-hydrogen) atoms. The molecule has 0 bridgehead atoms. The van der Waals surface area contributed by atoms with Crippen molar-refractivity contribution >= 4 is 26.7 Å². The molecule has 154 valence electrons. The number of rotatable bonds is 7. The molecule has 5 rings (SSSR count). The van der Waals surface area contributed by atoms with Crippen LogP contribution < -0.4 is 10.1 Å². The second-order valence-corrected chi connectivity index (χ2v) is 8.22. The Morgan fingerprint density at radius 1 is 1.03 bits per heavy atom. The molecule has 0 unspecified atom stereocenters. The minimum absolute atomic E-state index is 0.735. The van der Waals surface area contributed by atoms with Crippen LogP contribution in [0.25, 0.3) is 21.5 Å². The molecule has 0 radical (unpaired) electrons. The standard InChI is InChI=1S/C24H21N5OS/c1-29-16-18(15-27-29)22-13-20(10-12-25-22)30-19-7-8-21-23(14-19)31-24(28-21)26-11-9-17-5-3-2-4-6-17/h2-8,10,12-16H,9,11H2,1H3,(H,26,28). The quantitative estimate of drug-likeness (QED) is 0.369. The van der Waals surface area contributed by atoms with Crippen LogP contribution in [0, 0.1) is 0 Å². The number of nitrogens with one attached hydrogen (secondary N) is 1. The SMILES string of the molecule is Cn1cc(-c2cc(Oc3ccc4nc(NCCc5ccccc5)sc4c3)ccn2)cn1. The van der Waals surface area contributed by atoms with Crippen molar-refractivity contribution in [2.45, 2.75) is 6.42 Å². The Kier molecular flexibility index (Phi) is 5.33. The van der Waals surface area contributed by atoms with E-state index in [9.17, 15) is 0 Å². The lowest BCUT2D eigenvalue weighted by molar-refractivity contribution is 0.483. The maximum atomic E-state index is 6.09. The number of ether oxygens (including phenoxy) is 1. The van der Waals surface area contributed by atoms with Crippen LogP contribution in [0.4, 0.5) is 5.13 Å². The van der Waals surface area contributed by atoms with Gasteiger partial charge in [0.1, 0.15) is 11.5 Å². The lowest BCUT2D eigenvalue weighted by atomic mass is 10.2. The highest BCUT2D eigenvalue weighted by molar-refractivity contribution is 7.22. The molecule has 1 N–H and O–H groups in total. The summed E-state index contributed by atoms with van der Waals surface area (Å²) in [6.45, 7) is 0.849. The first kappa shape index (κ1) is 19.3. The van der Waals surface area contributed by atoms with Crippen LogP contribution in [0.3, 0.4) is 0 Å². The molecule has 3 heterocycles. The van der Waals surface area contributed by atoms with E-state index in [2.05, 4.69) is 44.6 Å². The molecule has 0 aliphatic carbocycles. The van der Waals surface area contributed by atoms with Gasteiger partial charge in [-0.2, -0.15) is 5.10 Å². The van der Waals surface area contributed by atoms with Crippen LogP contribution >= 0.6 is 11.3 Å². The number of hydrogen-bond acceptors (Lipinski definition) is 6. The van der Waals surface area contributed by atoms with E-state index in [1.54, 1.807) is 28.4 Å². The van der Waals surface area contributed by atoms with Crippen molar-refractivity contribution in [1.29, 1.82) is 0 Å². The van der Waals surface area contributed by atoms with Gasteiger partial charge in [-0.1, -0.05) is 41.7 Å². The summed E-state index contributed by atoms with van der Waals surface area (Å²) in [6.07, 6.45) is 6.44. The van der Waals surface area contributed by atoms with Crippen molar-refractivity contribution in [2.75, 3.05) is 11.9 Å². The van der Waals surface area contributed by atoms with Crippen LogP contribution in [0.15, 0.2) is 79.3 Å². The normalized spacial score (nSPS) is 11.0. The summed E-state index contributed by atoms with van der Waals surface area (Å²) in [7, 11) is 1.89. The van der Waals surface area contributed by atoms with Crippen LogP contribution in [0.5, 0.6) is 11.5 Å².